The van der Waals surface area contributed by atoms with E-state index in [0.717, 1.165) is 16.7 Å². The summed E-state index contributed by atoms with van der Waals surface area (Å²) in [4.78, 5) is 9.80. The number of phenols is 1. The van der Waals surface area contributed by atoms with Crippen molar-refractivity contribution in [2.24, 2.45) is 0 Å². The van der Waals surface area contributed by atoms with Crippen LogP contribution in [0.5, 0.6) is 5.75 Å². The Balaban J connectivity index is 0.00000741. The number of hydrogen-bond acceptors (Lipinski definition) is 3. The summed E-state index contributed by atoms with van der Waals surface area (Å²) in [5, 5.41) is 12.4. The van der Waals surface area contributed by atoms with Gasteiger partial charge in [0, 0.05) is 48.3 Å². The van der Waals surface area contributed by atoms with Crippen molar-refractivity contribution in [3.05, 3.63) is 168 Å². The molecule has 8 aromatic rings. The summed E-state index contributed by atoms with van der Waals surface area (Å²) in [5.74, 6) is 0.392. The van der Waals surface area contributed by atoms with Gasteiger partial charge in [-0.05, 0) is 86.8 Å². The fourth-order valence-corrected chi connectivity index (χ4v) is 7.33. The fraction of sp³-hybridized carbons (Fsp3) is 0.236. The summed E-state index contributed by atoms with van der Waals surface area (Å²) in [6.07, 6.45) is -0.559. The van der Waals surface area contributed by atoms with Crippen LogP contribution in [0.1, 0.15) is 99.6 Å². The van der Waals surface area contributed by atoms with Gasteiger partial charge in [-0.1, -0.05) is 164 Å². The molecule has 0 radical (unpaired) electrons. The first-order valence-corrected chi connectivity index (χ1v) is 19.7. The van der Waals surface area contributed by atoms with Crippen LogP contribution in [-0.4, -0.2) is 19.6 Å². The van der Waals surface area contributed by atoms with E-state index < -0.39 is 66.2 Å². The van der Waals surface area contributed by atoms with Gasteiger partial charge in [0.1, 0.15) is 11.6 Å². The molecule has 8 rings (SSSR count). The van der Waals surface area contributed by atoms with E-state index >= 15 is 0 Å². The Morgan fingerprint density at radius 1 is 0.650 bits per heavy atom. The van der Waals surface area contributed by atoms with Crippen molar-refractivity contribution < 1.29 is 41.3 Å². The Kier molecular flexibility index (Phi) is 8.19. The molecule has 0 atom stereocenters. The maximum atomic E-state index is 12.4. The summed E-state index contributed by atoms with van der Waals surface area (Å²) in [5.41, 5.74) is 5.11. The molecule has 1 N–H and O–H groups in total. The minimum Gasteiger partial charge on any atom is -0.507 e. The SMILES string of the molecule is [2H]c1nc(-c2[c-]c(-c3cccc4c3nc(-c3cc(C(C)(C)C)cc(C(C)(C)C)c3O)n4-c3ccc(-c4ccccc4)c(C([2H])([2H])[2H])c3)cc(C(C)(C)C)c2)c([2H])c(-c2c([2H])c([2H])c([2H])c([2H])c2[2H])c1[2H].[Pt]. The van der Waals surface area contributed by atoms with Gasteiger partial charge in [-0.15, -0.1) is 29.3 Å². The number of phenolic OH excluding ortho intramolecular Hbond substituents is 1. The molecule has 0 aliphatic heterocycles. The zero-order chi connectivity index (χ0) is 51.3. The van der Waals surface area contributed by atoms with Crippen molar-refractivity contribution in [3.8, 4) is 67.5 Å². The molecule has 0 aliphatic carbocycles. The molecule has 306 valence electrons. The molecule has 0 amide bonds. The molecular formula is C55H54N3OPt-. The molecule has 2 heterocycles. The second kappa shape index (κ2) is 16.1. The average molecular weight is 979 g/mol. The van der Waals surface area contributed by atoms with Crippen LogP contribution in [0.15, 0.2) is 139 Å². The topological polar surface area (TPSA) is 50.9 Å². The van der Waals surface area contributed by atoms with Crippen molar-refractivity contribution >= 4 is 11.0 Å². The van der Waals surface area contributed by atoms with Crippen LogP contribution in [0.2, 0.25) is 0 Å². The maximum absolute atomic E-state index is 12.4. The zero-order valence-electron chi connectivity index (χ0n) is 46.3. The Bertz CT molecular complexity index is 3390. The van der Waals surface area contributed by atoms with Gasteiger partial charge in [0.2, 0.25) is 0 Å². The Hall–Kier alpha value is -5.57. The Morgan fingerprint density at radius 3 is 2.03 bits per heavy atom. The summed E-state index contributed by atoms with van der Waals surface area (Å²) < 4.78 is 97.4. The van der Waals surface area contributed by atoms with Crippen LogP contribution in [0.4, 0.5) is 0 Å². The van der Waals surface area contributed by atoms with Crippen LogP contribution in [0.3, 0.4) is 0 Å². The molecule has 0 aliphatic rings. The molecule has 6 aromatic carbocycles. The van der Waals surface area contributed by atoms with Crippen molar-refractivity contribution in [1.29, 1.82) is 0 Å². The van der Waals surface area contributed by atoms with Gasteiger partial charge in [-0.2, -0.15) is 0 Å². The standard InChI is InChI=1S/C55H54N3O.Pt/c1-35-28-43(24-25-44(35)37-20-15-12-16-21-37)58-49-23-17-22-45(50(49)57-52(58)46-33-42(54(5,6)7)34-47(51(46)59)55(8,9)10)39-29-40(31-41(30-39)53(2,3)4)48-32-38(26-27-56-48)36-18-13-11-14-19-36;/h11-28,30-34,59H,1-10H3;/q-1;/i1D3,11D,13D,14D,18D,19D,26D,27D,32D;. The molecule has 4 nitrogen and oxygen atoms in total. The molecule has 5 heteroatoms. The first-order chi connectivity index (χ1) is 32.5. The first-order valence-electron chi connectivity index (χ1n) is 25.2. The van der Waals surface area contributed by atoms with E-state index in [1.54, 1.807) is 18.2 Å². The van der Waals surface area contributed by atoms with Crippen LogP contribution in [-0.2, 0) is 37.3 Å². The summed E-state index contributed by atoms with van der Waals surface area (Å²) >= 11 is 0. The second-order valence-corrected chi connectivity index (χ2v) is 18.1. The van der Waals surface area contributed by atoms with Crippen molar-refractivity contribution in [2.45, 2.75) is 85.4 Å². The summed E-state index contributed by atoms with van der Waals surface area (Å²) in [6, 6.07) is 27.4. The monoisotopic (exact) mass is 978 g/mol. The van der Waals surface area contributed by atoms with E-state index in [1.165, 1.54) is 0 Å². The van der Waals surface area contributed by atoms with Gasteiger partial charge in [-0.3, -0.25) is 9.55 Å². The number of pyridine rings is 1. The molecule has 0 saturated heterocycles. The Labute approximate surface area is 386 Å². The summed E-state index contributed by atoms with van der Waals surface area (Å²) in [6.45, 7) is 15.9. The normalized spacial score (nSPS) is 14.9. The number of benzene rings is 6. The van der Waals surface area contributed by atoms with Gasteiger partial charge in [-0.25, -0.2) is 4.98 Å². The number of aryl methyl sites for hydroxylation is 1. The van der Waals surface area contributed by atoms with Gasteiger partial charge in [0.15, 0.2) is 0 Å². The van der Waals surface area contributed by atoms with Crippen LogP contribution in [0, 0.1) is 12.9 Å². The Morgan fingerprint density at radius 2 is 1.35 bits per heavy atom. The largest absolute Gasteiger partial charge is 0.507 e. The minimum atomic E-state index is -2.51. The zero-order valence-corrected chi connectivity index (χ0v) is 37.5. The van der Waals surface area contributed by atoms with Crippen LogP contribution in [0.25, 0.3) is 72.7 Å². The average Bonchev–Trinajstić information content (AvgIpc) is 3.68. The minimum absolute atomic E-state index is 0. The van der Waals surface area contributed by atoms with E-state index in [0.29, 0.717) is 50.4 Å². The summed E-state index contributed by atoms with van der Waals surface area (Å²) in [7, 11) is 0. The van der Waals surface area contributed by atoms with Crippen molar-refractivity contribution in [1.82, 2.24) is 14.5 Å². The fourth-order valence-electron chi connectivity index (χ4n) is 7.33. The molecule has 60 heavy (non-hydrogen) atoms. The number of aromatic nitrogens is 3. The third kappa shape index (κ3) is 8.28. The van der Waals surface area contributed by atoms with Gasteiger partial charge < -0.3 is 5.11 Å². The molecule has 0 unspecified atom stereocenters. The molecule has 2 aromatic heterocycles. The van der Waals surface area contributed by atoms with E-state index in [-0.39, 0.29) is 60.2 Å². The third-order valence-corrected chi connectivity index (χ3v) is 10.7. The molecular weight excluding hydrogens is 914 g/mol. The van der Waals surface area contributed by atoms with E-state index in [4.69, 9.17) is 18.7 Å². The quantitative estimate of drug-likeness (QED) is 0.169. The predicted molar refractivity (Wildman–Crippen MR) is 247 cm³/mol. The first kappa shape index (κ1) is 30.5. The number of imidazole rings is 1. The molecule has 0 bridgehead atoms. The van der Waals surface area contributed by atoms with Crippen LogP contribution < -0.4 is 0 Å². The molecule has 0 saturated carbocycles. The smallest absolute Gasteiger partial charge is 0.148 e. The van der Waals surface area contributed by atoms with E-state index in [1.807, 2.05) is 119 Å². The predicted octanol–water partition coefficient (Wildman–Crippen LogP) is 14.5. The van der Waals surface area contributed by atoms with Crippen molar-refractivity contribution in [2.75, 3.05) is 0 Å². The number of fused-ring (bicyclic) bond motifs is 1. The van der Waals surface area contributed by atoms with Gasteiger partial charge >= 0.3 is 0 Å². The number of nitrogens with zero attached hydrogens (tertiary/aromatic N) is 3. The second-order valence-electron chi connectivity index (χ2n) is 18.1. The number of aromatic hydroxyl groups is 1. The molecule has 0 fully saturated rings. The number of para-hydroxylation sites is 1. The number of hydrogen-bond donors (Lipinski definition) is 1. The van der Waals surface area contributed by atoms with Crippen LogP contribution >= 0.6 is 0 Å². The van der Waals surface area contributed by atoms with Crippen molar-refractivity contribution in [3.63, 3.8) is 0 Å². The van der Waals surface area contributed by atoms with Gasteiger partial charge in [0.05, 0.1) is 27.6 Å². The van der Waals surface area contributed by atoms with E-state index in [9.17, 15) is 6.48 Å². The molecule has 0 spiro atoms. The van der Waals surface area contributed by atoms with Gasteiger partial charge in [0.25, 0.3) is 0 Å². The maximum Gasteiger partial charge on any atom is 0.148 e. The number of rotatable bonds is 6. The van der Waals surface area contributed by atoms with E-state index in [2.05, 4.69) is 31.8 Å². The third-order valence-electron chi connectivity index (χ3n) is 10.7.